The van der Waals surface area contributed by atoms with Gasteiger partial charge < -0.3 is 19.7 Å². The number of para-hydroxylation sites is 1. The smallest absolute Gasteiger partial charge is 0.229 e. The molecule has 6 nitrogen and oxygen atoms in total. The van der Waals surface area contributed by atoms with Crippen LogP contribution < -0.4 is 19.7 Å². The van der Waals surface area contributed by atoms with Crippen molar-refractivity contribution in [1.82, 2.24) is 0 Å². The van der Waals surface area contributed by atoms with Gasteiger partial charge in [-0.05, 0) is 24.3 Å². The number of benzene rings is 2. The van der Waals surface area contributed by atoms with E-state index in [1.165, 1.54) is 17.0 Å². The van der Waals surface area contributed by atoms with Crippen molar-refractivity contribution in [3.63, 3.8) is 0 Å². The maximum Gasteiger partial charge on any atom is 0.229 e. The Bertz CT molecular complexity index is 886. The molecular weight excluding hydrogens is 351 g/mol. The number of rotatable bonds is 3. The van der Waals surface area contributed by atoms with E-state index in [2.05, 4.69) is 5.32 Å². The zero-order valence-electron chi connectivity index (χ0n) is 14.6. The van der Waals surface area contributed by atoms with Crippen LogP contribution in [0.3, 0.4) is 0 Å². The topological polar surface area (TPSA) is 67.9 Å². The van der Waals surface area contributed by atoms with Crippen molar-refractivity contribution in [3.8, 4) is 11.5 Å². The Balaban J connectivity index is 1.46. The van der Waals surface area contributed by atoms with E-state index in [1.54, 1.807) is 30.3 Å². The van der Waals surface area contributed by atoms with E-state index in [-0.39, 0.29) is 30.5 Å². The van der Waals surface area contributed by atoms with Gasteiger partial charge in [-0.15, -0.1) is 0 Å². The summed E-state index contributed by atoms with van der Waals surface area (Å²) < 4.78 is 25.2. The highest BCUT2D eigenvalue weighted by Crippen LogP contribution is 2.33. The van der Waals surface area contributed by atoms with Crippen molar-refractivity contribution in [2.75, 3.05) is 30.0 Å². The number of nitrogens with one attached hydrogen (secondary N) is 1. The van der Waals surface area contributed by atoms with Crippen LogP contribution in [0.1, 0.15) is 12.8 Å². The molecule has 0 spiro atoms. The lowest BCUT2D eigenvalue weighted by Gasteiger charge is -2.17. The molecule has 1 fully saturated rings. The van der Waals surface area contributed by atoms with Crippen LogP contribution in [0.2, 0.25) is 0 Å². The van der Waals surface area contributed by atoms with Gasteiger partial charge in [-0.2, -0.15) is 0 Å². The summed E-state index contributed by atoms with van der Waals surface area (Å²) in [4.78, 5) is 26.2. The predicted octanol–water partition coefficient (Wildman–Crippen LogP) is 2.98. The summed E-state index contributed by atoms with van der Waals surface area (Å²) in [6.07, 6.45) is 0.844. The van der Waals surface area contributed by atoms with Crippen LogP contribution in [0.25, 0.3) is 0 Å². The van der Waals surface area contributed by atoms with E-state index in [0.717, 1.165) is 6.42 Å². The molecule has 2 heterocycles. The van der Waals surface area contributed by atoms with Gasteiger partial charge in [0.2, 0.25) is 11.8 Å². The Kier molecular flexibility index (Phi) is 4.66. The summed E-state index contributed by atoms with van der Waals surface area (Å²) in [5.41, 5.74) is 0.773. The number of amides is 2. The Labute approximate surface area is 155 Å². The van der Waals surface area contributed by atoms with Crippen LogP contribution in [0.4, 0.5) is 15.8 Å². The number of hydrogen-bond donors (Lipinski definition) is 1. The molecule has 0 saturated carbocycles. The normalized spacial score (nSPS) is 18.9. The van der Waals surface area contributed by atoms with Gasteiger partial charge in [0, 0.05) is 31.1 Å². The molecule has 2 aliphatic rings. The van der Waals surface area contributed by atoms with Gasteiger partial charge in [0.25, 0.3) is 0 Å². The van der Waals surface area contributed by atoms with Crippen molar-refractivity contribution in [3.05, 3.63) is 48.3 Å². The molecule has 0 aliphatic carbocycles. The summed E-state index contributed by atoms with van der Waals surface area (Å²) in [7, 11) is 0. The molecule has 2 amide bonds. The first kappa shape index (κ1) is 17.3. The minimum absolute atomic E-state index is 0.0463. The minimum Gasteiger partial charge on any atom is -0.490 e. The highest BCUT2D eigenvalue weighted by Gasteiger charge is 2.36. The molecule has 1 saturated heterocycles. The Morgan fingerprint density at radius 3 is 2.70 bits per heavy atom. The first-order valence-electron chi connectivity index (χ1n) is 8.87. The first-order chi connectivity index (χ1) is 13.1. The molecule has 4 rings (SSSR count). The van der Waals surface area contributed by atoms with Crippen LogP contribution in [0.5, 0.6) is 11.5 Å². The number of anilines is 2. The summed E-state index contributed by atoms with van der Waals surface area (Å²) in [5.74, 6) is -0.341. The highest BCUT2D eigenvalue weighted by molar-refractivity contribution is 6.03. The maximum atomic E-state index is 14.0. The molecule has 1 N–H and O–H groups in total. The monoisotopic (exact) mass is 370 g/mol. The largest absolute Gasteiger partial charge is 0.490 e. The summed E-state index contributed by atoms with van der Waals surface area (Å²) >= 11 is 0. The fourth-order valence-corrected chi connectivity index (χ4v) is 3.27. The number of ether oxygens (including phenoxy) is 2. The van der Waals surface area contributed by atoms with Gasteiger partial charge in [0.1, 0.15) is 5.82 Å². The fraction of sp³-hybridized carbons (Fsp3) is 0.300. The second-order valence-electron chi connectivity index (χ2n) is 6.56. The molecule has 0 radical (unpaired) electrons. The molecule has 0 unspecified atom stereocenters. The average Bonchev–Trinajstić information content (AvgIpc) is 2.89. The third-order valence-corrected chi connectivity index (χ3v) is 4.65. The van der Waals surface area contributed by atoms with Crippen molar-refractivity contribution in [1.29, 1.82) is 0 Å². The van der Waals surface area contributed by atoms with Gasteiger partial charge in [-0.3, -0.25) is 9.59 Å². The number of carbonyl (C=O) groups excluding carboxylic acids is 2. The predicted molar refractivity (Wildman–Crippen MR) is 97.5 cm³/mol. The second-order valence-corrected chi connectivity index (χ2v) is 6.56. The quantitative estimate of drug-likeness (QED) is 0.902. The molecule has 2 aromatic carbocycles. The lowest BCUT2D eigenvalue weighted by Crippen LogP contribution is -2.28. The number of hydrogen-bond acceptors (Lipinski definition) is 4. The number of halogens is 1. The Hall–Kier alpha value is -3.09. The van der Waals surface area contributed by atoms with Gasteiger partial charge in [0.05, 0.1) is 24.8 Å². The zero-order chi connectivity index (χ0) is 18.8. The lowest BCUT2D eigenvalue weighted by molar-refractivity contribution is -0.122. The van der Waals surface area contributed by atoms with Gasteiger partial charge in [-0.25, -0.2) is 4.39 Å². The average molecular weight is 370 g/mol. The summed E-state index contributed by atoms with van der Waals surface area (Å²) in [6.45, 7) is 1.30. The van der Waals surface area contributed by atoms with Gasteiger partial charge >= 0.3 is 0 Å². The minimum atomic E-state index is -0.548. The SMILES string of the molecule is O=C(Nc1ccc2c(c1)OCCCO2)[C@H]1CC(=O)N(c2ccccc2F)C1. The van der Waals surface area contributed by atoms with Crippen LogP contribution >= 0.6 is 0 Å². The van der Waals surface area contributed by atoms with Crippen molar-refractivity contribution < 1.29 is 23.5 Å². The first-order valence-corrected chi connectivity index (χ1v) is 8.87. The summed E-state index contributed by atoms with van der Waals surface area (Å²) in [6, 6.07) is 11.3. The molecular formula is C20H19FN2O4. The van der Waals surface area contributed by atoms with E-state index in [1.807, 2.05) is 0 Å². The van der Waals surface area contributed by atoms with Gasteiger partial charge in [0.15, 0.2) is 11.5 Å². The third kappa shape index (κ3) is 3.58. The van der Waals surface area contributed by atoms with Gasteiger partial charge in [-0.1, -0.05) is 12.1 Å². The Morgan fingerprint density at radius 2 is 1.89 bits per heavy atom. The maximum absolute atomic E-state index is 14.0. The molecule has 2 aromatic rings. The highest BCUT2D eigenvalue weighted by atomic mass is 19.1. The van der Waals surface area contributed by atoms with Crippen molar-refractivity contribution in [2.24, 2.45) is 5.92 Å². The van der Waals surface area contributed by atoms with Crippen LogP contribution in [0, 0.1) is 11.7 Å². The van der Waals surface area contributed by atoms with E-state index in [0.29, 0.717) is 30.4 Å². The van der Waals surface area contributed by atoms with Crippen LogP contribution in [-0.4, -0.2) is 31.6 Å². The van der Waals surface area contributed by atoms with Crippen molar-refractivity contribution in [2.45, 2.75) is 12.8 Å². The van der Waals surface area contributed by atoms with Crippen LogP contribution in [-0.2, 0) is 9.59 Å². The summed E-state index contributed by atoms with van der Waals surface area (Å²) in [5, 5.41) is 2.81. The van der Waals surface area contributed by atoms with E-state index in [9.17, 15) is 14.0 Å². The lowest BCUT2D eigenvalue weighted by atomic mass is 10.1. The molecule has 27 heavy (non-hydrogen) atoms. The number of fused-ring (bicyclic) bond motifs is 1. The van der Waals surface area contributed by atoms with Crippen molar-refractivity contribution >= 4 is 23.2 Å². The number of carbonyl (C=O) groups is 2. The molecule has 2 aliphatic heterocycles. The standard InChI is InChI=1S/C20H19FN2O4/c21-15-4-1-2-5-16(15)23-12-13(10-19(23)24)20(25)22-14-6-7-17-18(11-14)27-9-3-8-26-17/h1-2,4-7,11,13H,3,8-10,12H2,(H,22,25)/t13-/m0/s1. The van der Waals surface area contributed by atoms with E-state index in [4.69, 9.17) is 9.47 Å². The van der Waals surface area contributed by atoms with Crippen LogP contribution in [0.15, 0.2) is 42.5 Å². The zero-order valence-corrected chi connectivity index (χ0v) is 14.6. The van der Waals surface area contributed by atoms with E-state index < -0.39 is 11.7 Å². The number of nitrogens with zero attached hydrogens (tertiary/aromatic N) is 1. The Morgan fingerprint density at radius 1 is 1.11 bits per heavy atom. The fourth-order valence-electron chi connectivity index (χ4n) is 3.27. The third-order valence-electron chi connectivity index (χ3n) is 4.65. The second kappa shape index (κ2) is 7.26. The molecule has 140 valence electrons. The molecule has 0 aromatic heterocycles. The molecule has 7 heteroatoms. The molecule has 1 atom stereocenters. The molecule has 0 bridgehead atoms. The van der Waals surface area contributed by atoms with E-state index >= 15 is 0 Å².